The van der Waals surface area contributed by atoms with Crippen molar-refractivity contribution in [3.05, 3.63) is 33.1 Å². The molecule has 0 N–H and O–H groups in total. The molecular formula is C13H11ClN2OS. The second-order valence-electron chi connectivity index (χ2n) is 3.76. The van der Waals surface area contributed by atoms with Crippen molar-refractivity contribution in [1.29, 1.82) is 5.26 Å². The summed E-state index contributed by atoms with van der Waals surface area (Å²) in [5.41, 5.74) is 2.63. The Morgan fingerprint density at radius 2 is 2.28 bits per heavy atom. The largest absolute Gasteiger partial charge is 0.496 e. The van der Waals surface area contributed by atoms with E-state index in [9.17, 15) is 0 Å². The normalized spacial score (nSPS) is 10.1. The Balaban J connectivity index is 2.52. The van der Waals surface area contributed by atoms with Crippen LogP contribution < -0.4 is 4.74 Å². The van der Waals surface area contributed by atoms with Gasteiger partial charge in [0.05, 0.1) is 25.3 Å². The molecule has 1 heterocycles. The third-order valence-electron chi connectivity index (χ3n) is 2.50. The maximum absolute atomic E-state index is 8.66. The number of thiazole rings is 1. The molecule has 0 atom stereocenters. The average Bonchev–Trinajstić information content (AvgIpc) is 2.77. The topological polar surface area (TPSA) is 45.9 Å². The van der Waals surface area contributed by atoms with Crippen molar-refractivity contribution in [2.75, 3.05) is 7.11 Å². The fourth-order valence-electron chi connectivity index (χ4n) is 1.77. The van der Waals surface area contributed by atoms with Crippen LogP contribution in [0, 0.1) is 18.3 Å². The lowest BCUT2D eigenvalue weighted by Crippen LogP contribution is -1.92. The lowest BCUT2D eigenvalue weighted by Gasteiger charge is -2.10. The summed E-state index contributed by atoms with van der Waals surface area (Å²) in [7, 11) is 1.63. The molecule has 1 aromatic heterocycles. The highest BCUT2D eigenvalue weighted by molar-refractivity contribution is 7.10. The summed E-state index contributed by atoms with van der Waals surface area (Å²) in [5, 5.41) is 12.0. The van der Waals surface area contributed by atoms with Gasteiger partial charge in [-0.15, -0.1) is 11.3 Å². The van der Waals surface area contributed by atoms with E-state index in [-0.39, 0.29) is 0 Å². The van der Waals surface area contributed by atoms with Gasteiger partial charge in [0.15, 0.2) is 0 Å². The maximum Gasteiger partial charge on any atom is 0.131 e. The summed E-state index contributed by atoms with van der Waals surface area (Å²) >= 11 is 7.53. The number of aromatic nitrogens is 1. The van der Waals surface area contributed by atoms with E-state index in [1.165, 1.54) is 11.3 Å². The smallest absolute Gasteiger partial charge is 0.131 e. The molecule has 2 aromatic rings. The second kappa shape index (κ2) is 5.38. The molecule has 5 heteroatoms. The SMILES string of the molecule is COc1c(C)cc(Cl)cc1-c1csc(CC#N)n1. The van der Waals surface area contributed by atoms with E-state index < -0.39 is 0 Å². The van der Waals surface area contributed by atoms with Gasteiger partial charge in [-0.05, 0) is 24.6 Å². The van der Waals surface area contributed by atoms with Gasteiger partial charge in [0.2, 0.25) is 0 Å². The van der Waals surface area contributed by atoms with Crippen LogP contribution in [0.5, 0.6) is 5.75 Å². The first kappa shape index (κ1) is 12.9. The molecule has 1 aromatic carbocycles. The summed E-state index contributed by atoms with van der Waals surface area (Å²) in [6.07, 6.45) is 0.326. The fourth-order valence-corrected chi connectivity index (χ4v) is 2.77. The number of ether oxygens (including phenoxy) is 1. The first-order valence-electron chi connectivity index (χ1n) is 5.31. The van der Waals surface area contributed by atoms with Crippen molar-refractivity contribution >= 4 is 22.9 Å². The molecule has 92 valence electrons. The van der Waals surface area contributed by atoms with Gasteiger partial charge >= 0.3 is 0 Å². The van der Waals surface area contributed by atoms with Crippen molar-refractivity contribution in [2.24, 2.45) is 0 Å². The van der Waals surface area contributed by atoms with E-state index in [0.29, 0.717) is 11.4 Å². The number of nitriles is 1. The van der Waals surface area contributed by atoms with Crippen LogP contribution in [-0.2, 0) is 6.42 Å². The van der Waals surface area contributed by atoms with Crippen molar-refractivity contribution in [2.45, 2.75) is 13.3 Å². The monoisotopic (exact) mass is 278 g/mol. The van der Waals surface area contributed by atoms with Gasteiger partial charge in [-0.3, -0.25) is 0 Å². The molecule has 0 bridgehead atoms. The molecule has 0 unspecified atom stereocenters. The number of hydrogen-bond acceptors (Lipinski definition) is 4. The minimum atomic E-state index is 0.326. The molecule has 0 aliphatic rings. The molecule has 0 saturated carbocycles. The highest BCUT2D eigenvalue weighted by Crippen LogP contribution is 2.36. The zero-order valence-corrected chi connectivity index (χ0v) is 11.6. The molecular weight excluding hydrogens is 268 g/mol. The molecule has 0 fully saturated rings. The van der Waals surface area contributed by atoms with E-state index in [1.54, 1.807) is 7.11 Å². The number of benzene rings is 1. The van der Waals surface area contributed by atoms with Gasteiger partial charge in [-0.2, -0.15) is 5.26 Å². The van der Waals surface area contributed by atoms with Crippen LogP contribution in [0.1, 0.15) is 10.6 Å². The number of halogens is 1. The molecule has 2 rings (SSSR count). The summed E-state index contributed by atoms with van der Waals surface area (Å²) in [4.78, 5) is 4.42. The van der Waals surface area contributed by atoms with E-state index in [4.69, 9.17) is 21.6 Å². The second-order valence-corrected chi connectivity index (χ2v) is 5.14. The number of hydrogen-bond donors (Lipinski definition) is 0. The standard InChI is InChI=1S/C13H11ClN2OS/c1-8-5-9(14)6-10(13(8)17-2)11-7-18-12(16-11)3-4-15/h5-7H,3H2,1-2H3. The number of nitrogens with zero attached hydrogens (tertiary/aromatic N) is 2. The van der Waals surface area contributed by atoms with Crippen molar-refractivity contribution < 1.29 is 4.74 Å². The maximum atomic E-state index is 8.66. The Labute approximate surface area is 115 Å². The van der Waals surface area contributed by atoms with E-state index >= 15 is 0 Å². The Morgan fingerprint density at radius 3 is 2.94 bits per heavy atom. The molecule has 0 radical (unpaired) electrons. The van der Waals surface area contributed by atoms with Gasteiger partial charge in [0, 0.05) is 16.0 Å². The minimum absolute atomic E-state index is 0.326. The van der Waals surface area contributed by atoms with Crippen molar-refractivity contribution in [1.82, 2.24) is 4.98 Å². The molecule has 18 heavy (non-hydrogen) atoms. The van der Waals surface area contributed by atoms with Gasteiger partial charge in [0.25, 0.3) is 0 Å². The molecule has 0 saturated heterocycles. The van der Waals surface area contributed by atoms with Gasteiger partial charge in [0.1, 0.15) is 10.8 Å². The van der Waals surface area contributed by atoms with Crippen molar-refractivity contribution in [3.63, 3.8) is 0 Å². The average molecular weight is 279 g/mol. The zero-order valence-electron chi connectivity index (χ0n) is 10.0. The van der Waals surface area contributed by atoms with Crippen LogP contribution >= 0.6 is 22.9 Å². The Morgan fingerprint density at radius 1 is 1.50 bits per heavy atom. The third kappa shape index (κ3) is 2.47. The van der Waals surface area contributed by atoms with Crippen LogP contribution in [0.25, 0.3) is 11.3 Å². The lowest BCUT2D eigenvalue weighted by atomic mass is 10.1. The highest BCUT2D eigenvalue weighted by Gasteiger charge is 2.13. The highest BCUT2D eigenvalue weighted by atomic mass is 35.5. The lowest BCUT2D eigenvalue weighted by molar-refractivity contribution is 0.413. The summed E-state index contributed by atoms with van der Waals surface area (Å²) < 4.78 is 5.40. The zero-order chi connectivity index (χ0) is 13.1. The Kier molecular flexibility index (Phi) is 3.85. The van der Waals surface area contributed by atoms with Gasteiger partial charge in [-0.25, -0.2) is 4.98 Å². The molecule has 0 spiro atoms. The summed E-state index contributed by atoms with van der Waals surface area (Å²) in [6.45, 7) is 1.94. The summed E-state index contributed by atoms with van der Waals surface area (Å²) in [6, 6.07) is 5.78. The quantitative estimate of drug-likeness (QED) is 0.857. The van der Waals surface area contributed by atoms with Crippen LogP contribution in [0.3, 0.4) is 0 Å². The predicted octanol–water partition coefficient (Wildman–Crippen LogP) is 3.85. The number of aryl methyl sites for hydroxylation is 1. The van der Waals surface area contributed by atoms with Crippen LogP contribution in [0.2, 0.25) is 5.02 Å². The first-order chi connectivity index (χ1) is 8.65. The number of methoxy groups -OCH3 is 1. The van der Waals surface area contributed by atoms with E-state index in [0.717, 1.165) is 27.6 Å². The molecule has 0 amide bonds. The molecule has 0 aliphatic heterocycles. The van der Waals surface area contributed by atoms with Crippen LogP contribution in [0.15, 0.2) is 17.5 Å². The third-order valence-corrected chi connectivity index (χ3v) is 3.57. The van der Waals surface area contributed by atoms with Crippen LogP contribution in [0.4, 0.5) is 0 Å². The number of rotatable bonds is 3. The Bertz CT molecular complexity index is 616. The first-order valence-corrected chi connectivity index (χ1v) is 6.57. The fraction of sp³-hybridized carbons (Fsp3) is 0.231. The van der Waals surface area contributed by atoms with E-state index in [2.05, 4.69) is 11.1 Å². The minimum Gasteiger partial charge on any atom is -0.496 e. The van der Waals surface area contributed by atoms with E-state index in [1.807, 2.05) is 24.4 Å². The van der Waals surface area contributed by atoms with Crippen molar-refractivity contribution in [3.8, 4) is 23.1 Å². The van der Waals surface area contributed by atoms with Crippen LogP contribution in [-0.4, -0.2) is 12.1 Å². The predicted molar refractivity (Wildman–Crippen MR) is 73.2 cm³/mol. The summed E-state index contributed by atoms with van der Waals surface area (Å²) in [5.74, 6) is 0.771. The van der Waals surface area contributed by atoms with Gasteiger partial charge in [-0.1, -0.05) is 11.6 Å². The van der Waals surface area contributed by atoms with Gasteiger partial charge < -0.3 is 4.74 Å². The molecule has 3 nitrogen and oxygen atoms in total. The molecule has 0 aliphatic carbocycles. The Hall–Kier alpha value is -1.57.